The minimum absolute atomic E-state index is 0.0803. The first kappa shape index (κ1) is 11.5. The molecule has 1 rings (SSSR count). The summed E-state index contributed by atoms with van der Waals surface area (Å²) in [5, 5.41) is 11.7. The van der Waals surface area contributed by atoms with Gasteiger partial charge in [0.1, 0.15) is 5.75 Å². The van der Waals surface area contributed by atoms with Crippen molar-refractivity contribution in [2.45, 2.75) is 19.4 Å². The van der Waals surface area contributed by atoms with Crippen LogP contribution in [0.15, 0.2) is 24.3 Å². The number of nitrogens with one attached hydrogen (secondary N) is 1. The summed E-state index contributed by atoms with van der Waals surface area (Å²) in [5.41, 5.74) is 1.24. The average Bonchev–Trinajstić information content (AvgIpc) is 2.29. The number of hydrogen-bond acceptors (Lipinski definition) is 3. The number of nitriles is 1. The van der Waals surface area contributed by atoms with Crippen molar-refractivity contribution >= 4 is 0 Å². The van der Waals surface area contributed by atoms with Crippen molar-refractivity contribution in [2.24, 2.45) is 0 Å². The molecular weight excluding hydrogens is 188 g/mol. The third-order valence-electron chi connectivity index (χ3n) is 2.22. The van der Waals surface area contributed by atoms with E-state index in [1.807, 2.05) is 31.2 Å². The number of nitrogens with zero attached hydrogens (tertiary/aromatic N) is 1. The lowest BCUT2D eigenvalue weighted by molar-refractivity contribution is 0.414. The largest absolute Gasteiger partial charge is 0.497 e. The Kier molecular flexibility index (Phi) is 4.65. The first-order valence-corrected chi connectivity index (χ1v) is 5.02. The van der Waals surface area contributed by atoms with E-state index in [1.54, 1.807) is 7.11 Å². The Hall–Kier alpha value is -1.53. The van der Waals surface area contributed by atoms with Crippen molar-refractivity contribution in [3.63, 3.8) is 0 Å². The summed E-state index contributed by atoms with van der Waals surface area (Å²) in [6.45, 7) is 2.68. The fourth-order valence-corrected chi connectivity index (χ4v) is 1.27. The van der Waals surface area contributed by atoms with Crippen molar-refractivity contribution in [1.82, 2.24) is 5.32 Å². The molecule has 1 aromatic rings. The molecule has 15 heavy (non-hydrogen) atoms. The maximum Gasteiger partial charge on any atom is 0.118 e. The highest BCUT2D eigenvalue weighted by atomic mass is 16.5. The Bertz CT molecular complexity index is 326. The van der Waals surface area contributed by atoms with E-state index < -0.39 is 0 Å². The highest BCUT2D eigenvalue weighted by Crippen LogP contribution is 2.11. The van der Waals surface area contributed by atoms with Crippen LogP contribution in [0.25, 0.3) is 0 Å². The molecule has 1 atom stereocenters. The van der Waals surface area contributed by atoms with Crippen LogP contribution >= 0.6 is 0 Å². The Labute approximate surface area is 90.7 Å². The SMILES string of the molecule is COc1ccc(CCNC(C)C#N)cc1. The quantitative estimate of drug-likeness (QED) is 0.794. The van der Waals surface area contributed by atoms with Crippen LogP contribution in [0.2, 0.25) is 0 Å². The molecular formula is C12H16N2O. The van der Waals surface area contributed by atoms with Gasteiger partial charge in [0.15, 0.2) is 0 Å². The molecule has 0 radical (unpaired) electrons. The van der Waals surface area contributed by atoms with Gasteiger partial charge in [-0.2, -0.15) is 5.26 Å². The van der Waals surface area contributed by atoms with Gasteiger partial charge in [0, 0.05) is 6.54 Å². The standard InChI is InChI=1S/C12H16N2O/c1-10(9-13)14-8-7-11-3-5-12(15-2)6-4-11/h3-6,10,14H,7-8H2,1-2H3. The lowest BCUT2D eigenvalue weighted by Crippen LogP contribution is -2.26. The normalized spacial score (nSPS) is 11.8. The van der Waals surface area contributed by atoms with Crippen molar-refractivity contribution < 1.29 is 4.74 Å². The summed E-state index contributed by atoms with van der Waals surface area (Å²) in [7, 11) is 1.66. The molecule has 1 unspecified atom stereocenters. The zero-order valence-electron chi connectivity index (χ0n) is 9.16. The number of benzene rings is 1. The molecule has 0 heterocycles. The van der Waals surface area contributed by atoms with E-state index in [9.17, 15) is 0 Å². The van der Waals surface area contributed by atoms with E-state index in [1.165, 1.54) is 5.56 Å². The maximum absolute atomic E-state index is 8.57. The van der Waals surface area contributed by atoms with Gasteiger partial charge in [0.05, 0.1) is 19.2 Å². The number of hydrogen-bond donors (Lipinski definition) is 1. The summed E-state index contributed by atoms with van der Waals surface area (Å²) < 4.78 is 5.07. The van der Waals surface area contributed by atoms with Crippen LogP contribution in [-0.2, 0) is 6.42 Å². The van der Waals surface area contributed by atoms with E-state index in [-0.39, 0.29) is 6.04 Å². The summed E-state index contributed by atoms with van der Waals surface area (Å²) in [6, 6.07) is 10.0. The predicted octanol–water partition coefficient (Wildman–Crippen LogP) is 1.74. The van der Waals surface area contributed by atoms with E-state index in [4.69, 9.17) is 10.00 Å². The maximum atomic E-state index is 8.57. The highest BCUT2D eigenvalue weighted by Gasteiger charge is 1.98. The smallest absolute Gasteiger partial charge is 0.118 e. The molecule has 1 N–H and O–H groups in total. The zero-order chi connectivity index (χ0) is 11.1. The summed E-state index contributed by atoms with van der Waals surface area (Å²) >= 11 is 0. The van der Waals surface area contributed by atoms with Crippen LogP contribution in [0.5, 0.6) is 5.75 Å². The molecule has 0 aliphatic rings. The Morgan fingerprint density at radius 2 is 2.07 bits per heavy atom. The van der Waals surface area contributed by atoms with Gasteiger partial charge in [-0.1, -0.05) is 12.1 Å². The van der Waals surface area contributed by atoms with E-state index >= 15 is 0 Å². The van der Waals surface area contributed by atoms with E-state index in [0.717, 1.165) is 18.7 Å². The molecule has 0 aromatic heterocycles. The van der Waals surface area contributed by atoms with Crippen LogP contribution < -0.4 is 10.1 Å². The molecule has 0 aliphatic carbocycles. The molecule has 3 nitrogen and oxygen atoms in total. The van der Waals surface area contributed by atoms with Crippen molar-refractivity contribution in [3.05, 3.63) is 29.8 Å². The van der Waals surface area contributed by atoms with Gasteiger partial charge in [-0.3, -0.25) is 0 Å². The van der Waals surface area contributed by atoms with Crippen LogP contribution in [0, 0.1) is 11.3 Å². The van der Waals surface area contributed by atoms with Gasteiger partial charge in [-0.05, 0) is 31.0 Å². The molecule has 0 saturated heterocycles. The molecule has 0 bridgehead atoms. The van der Waals surface area contributed by atoms with Crippen LogP contribution in [0.1, 0.15) is 12.5 Å². The summed E-state index contributed by atoms with van der Waals surface area (Å²) in [4.78, 5) is 0. The van der Waals surface area contributed by atoms with Crippen molar-refractivity contribution in [2.75, 3.05) is 13.7 Å². The van der Waals surface area contributed by atoms with Crippen molar-refractivity contribution in [1.29, 1.82) is 5.26 Å². The molecule has 0 aliphatic heterocycles. The molecule has 0 fully saturated rings. The van der Waals surface area contributed by atoms with E-state index in [0.29, 0.717) is 0 Å². The van der Waals surface area contributed by atoms with Gasteiger partial charge in [0.25, 0.3) is 0 Å². The minimum atomic E-state index is -0.0803. The Morgan fingerprint density at radius 3 is 2.60 bits per heavy atom. The zero-order valence-corrected chi connectivity index (χ0v) is 9.16. The topological polar surface area (TPSA) is 45.0 Å². The molecule has 3 heteroatoms. The molecule has 0 amide bonds. The first-order chi connectivity index (χ1) is 7.26. The lowest BCUT2D eigenvalue weighted by atomic mass is 10.1. The van der Waals surface area contributed by atoms with Gasteiger partial charge in [-0.25, -0.2) is 0 Å². The number of rotatable bonds is 5. The predicted molar refractivity (Wildman–Crippen MR) is 59.8 cm³/mol. The Morgan fingerprint density at radius 1 is 1.40 bits per heavy atom. The number of ether oxygens (including phenoxy) is 1. The second kappa shape index (κ2) is 6.05. The minimum Gasteiger partial charge on any atom is -0.497 e. The summed E-state index contributed by atoms with van der Waals surface area (Å²) in [6.07, 6.45) is 0.927. The molecule has 80 valence electrons. The molecule has 0 spiro atoms. The fourth-order valence-electron chi connectivity index (χ4n) is 1.27. The first-order valence-electron chi connectivity index (χ1n) is 5.02. The van der Waals surface area contributed by atoms with Gasteiger partial charge in [-0.15, -0.1) is 0 Å². The Balaban J connectivity index is 2.35. The second-order valence-corrected chi connectivity index (χ2v) is 3.40. The third kappa shape index (κ3) is 4.01. The third-order valence-corrected chi connectivity index (χ3v) is 2.22. The molecule has 1 aromatic carbocycles. The van der Waals surface area contributed by atoms with E-state index in [2.05, 4.69) is 11.4 Å². The summed E-state index contributed by atoms with van der Waals surface area (Å²) in [5.74, 6) is 0.872. The monoisotopic (exact) mass is 204 g/mol. The van der Waals surface area contributed by atoms with Crippen LogP contribution in [0.3, 0.4) is 0 Å². The highest BCUT2D eigenvalue weighted by molar-refractivity contribution is 5.27. The fraction of sp³-hybridized carbons (Fsp3) is 0.417. The van der Waals surface area contributed by atoms with Crippen molar-refractivity contribution in [3.8, 4) is 11.8 Å². The lowest BCUT2D eigenvalue weighted by Gasteiger charge is -2.06. The molecule has 0 saturated carbocycles. The van der Waals surface area contributed by atoms with Crippen LogP contribution in [0.4, 0.5) is 0 Å². The average molecular weight is 204 g/mol. The van der Waals surface area contributed by atoms with Gasteiger partial charge < -0.3 is 10.1 Å². The van der Waals surface area contributed by atoms with Crippen LogP contribution in [-0.4, -0.2) is 19.7 Å². The van der Waals surface area contributed by atoms with Gasteiger partial charge in [0.2, 0.25) is 0 Å². The second-order valence-electron chi connectivity index (χ2n) is 3.40. The van der Waals surface area contributed by atoms with Gasteiger partial charge >= 0.3 is 0 Å². The number of methoxy groups -OCH3 is 1.